The molecule has 2 fully saturated rings. The summed E-state index contributed by atoms with van der Waals surface area (Å²) in [4.78, 5) is 12.2. The van der Waals surface area contributed by atoms with Crippen molar-refractivity contribution in [1.82, 2.24) is 0 Å². The van der Waals surface area contributed by atoms with Gasteiger partial charge in [-0.05, 0) is 63.9 Å². The van der Waals surface area contributed by atoms with Crippen LogP contribution in [0.4, 0.5) is 0 Å². The van der Waals surface area contributed by atoms with Gasteiger partial charge >= 0.3 is 5.97 Å². The lowest BCUT2D eigenvalue weighted by molar-refractivity contribution is -0.154. The number of fused-ring (bicyclic) bond motifs is 1. The van der Waals surface area contributed by atoms with Crippen LogP contribution in [0.15, 0.2) is 37.0 Å². The first kappa shape index (κ1) is 19.0. The third-order valence-electron chi connectivity index (χ3n) is 6.31. The molecule has 0 aromatic rings. The minimum absolute atomic E-state index is 0.00791. The van der Waals surface area contributed by atoms with E-state index in [2.05, 4.69) is 33.1 Å². The van der Waals surface area contributed by atoms with E-state index in [4.69, 9.17) is 4.74 Å². The van der Waals surface area contributed by atoms with E-state index < -0.39 is 5.60 Å². The number of hydrogen-bond donors (Lipinski definition) is 0. The largest absolute Gasteiger partial charge is 0.454 e. The van der Waals surface area contributed by atoms with Crippen molar-refractivity contribution in [2.75, 3.05) is 0 Å². The molecule has 5 atom stereocenters. The van der Waals surface area contributed by atoms with Gasteiger partial charge in [-0.25, -0.2) is 0 Å². The van der Waals surface area contributed by atoms with Gasteiger partial charge in [-0.2, -0.15) is 0 Å². The van der Waals surface area contributed by atoms with Crippen molar-refractivity contribution in [3.05, 3.63) is 37.0 Å². The Labute approximate surface area is 148 Å². The summed E-state index contributed by atoms with van der Waals surface area (Å²) in [6.07, 6.45) is 14.1. The molecular formula is C22H34O2. The molecule has 0 radical (unpaired) electrons. The Bertz CT molecular complexity index is 504. The average Bonchev–Trinajstić information content (AvgIpc) is 2.82. The van der Waals surface area contributed by atoms with Crippen molar-refractivity contribution in [1.29, 1.82) is 0 Å². The van der Waals surface area contributed by atoms with Crippen LogP contribution in [-0.4, -0.2) is 11.6 Å². The fraction of sp³-hybridized carbons (Fsp3) is 0.682. The van der Waals surface area contributed by atoms with Crippen LogP contribution in [0, 0.1) is 23.7 Å². The predicted molar refractivity (Wildman–Crippen MR) is 101 cm³/mol. The molecule has 0 aromatic carbocycles. The summed E-state index contributed by atoms with van der Waals surface area (Å²) < 4.78 is 5.96. The van der Waals surface area contributed by atoms with E-state index in [-0.39, 0.29) is 11.9 Å². The number of allylic oxidation sites excluding steroid dienone is 3. The molecule has 0 amide bonds. The highest BCUT2D eigenvalue weighted by Gasteiger charge is 2.58. The summed E-state index contributed by atoms with van der Waals surface area (Å²) in [5.74, 6) is 1.25. The fourth-order valence-electron chi connectivity index (χ4n) is 4.76. The summed E-state index contributed by atoms with van der Waals surface area (Å²) in [5.41, 5.74) is 1.02. The molecule has 1 saturated heterocycles. The average molecular weight is 331 g/mol. The number of carbonyl (C=O) groups is 1. The van der Waals surface area contributed by atoms with Crippen LogP contribution in [0.2, 0.25) is 0 Å². The Kier molecular flexibility index (Phi) is 6.48. The Morgan fingerprint density at radius 2 is 2.04 bits per heavy atom. The third-order valence-corrected chi connectivity index (χ3v) is 6.31. The van der Waals surface area contributed by atoms with Crippen molar-refractivity contribution < 1.29 is 9.53 Å². The highest BCUT2D eigenvalue weighted by atomic mass is 16.6. The molecule has 1 heterocycles. The van der Waals surface area contributed by atoms with Gasteiger partial charge in [0.1, 0.15) is 5.60 Å². The Morgan fingerprint density at radius 3 is 2.71 bits per heavy atom. The van der Waals surface area contributed by atoms with Crippen LogP contribution in [0.1, 0.15) is 65.7 Å². The normalized spacial score (nSPS) is 36.1. The van der Waals surface area contributed by atoms with E-state index in [0.29, 0.717) is 17.8 Å². The molecule has 2 aliphatic rings. The molecule has 2 heteroatoms. The van der Waals surface area contributed by atoms with E-state index in [0.717, 1.165) is 32.1 Å². The quantitative estimate of drug-likeness (QED) is 0.317. The van der Waals surface area contributed by atoms with Gasteiger partial charge in [-0.15, -0.1) is 6.58 Å². The second kappa shape index (κ2) is 8.18. The van der Waals surface area contributed by atoms with Crippen molar-refractivity contribution in [3.63, 3.8) is 0 Å². The topological polar surface area (TPSA) is 26.3 Å². The molecule has 134 valence electrons. The van der Waals surface area contributed by atoms with E-state index in [9.17, 15) is 4.79 Å². The van der Waals surface area contributed by atoms with Crippen LogP contribution in [0.5, 0.6) is 0 Å². The van der Waals surface area contributed by atoms with Gasteiger partial charge in [0.25, 0.3) is 0 Å². The van der Waals surface area contributed by atoms with Crippen molar-refractivity contribution in [2.45, 2.75) is 71.3 Å². The molecule has 0 spiro atoms. The SMILES string of the molecule is C=CCCC/C=C(\C)CC[C@H]1[C@H](C)CC[C@H]2[C@@H](C)C(=O)O[C@@]12C=C. The summed E-state index contributed by atoms with van der Waals surface area (Å²) in [6, 6.07) is 0. The number of esters is 1. The first-order chi connectivity index (χ1) is 11.5. The van der Waals surface area contributed by atoms with E-state index >= 15 is 0 Å². The molecule has 0 N–H and O–H groups in total. The molecule has 0 unspecified atom stereocenters. The second-order valence-corrected chi connectivity index (χ2v) is 7.84. The molecule has 1 aliphatic heterocycles. The molecule has 2 nitrogen and oxygen atoms in total. The molecule has 1 aliphatic carbocycles. The lowest BCUT2D eigenvalue weighted by Gasteiger charge is -2.46. The van der Waals surface area contributed by atoms with Gasteiger partial charge in [0.15, 0.2) is 0 Å². The summed E-state index contributed by atoms with van der Waals surface area (Å²) in [7, 11) is 0. The summed E-state index contributed by atoms with van der Waals surface area (Å²) in [6.45, 7) is 14.4. The minimum Gasteiger partial charge on any atom is -0.454 e. The maximum absolute atomic E-state index is 12.2. The Hall–Kier alpha value is -1.31. The number of hydrogen-bond acceptors (Lipinski definition) is 2. The van der Waals surface area contributed by atoms with Gasteiger partial charge in [0.2, 0.25) is 0 Å². The van der Waals surface area contributed by atoms with E-state index in [1.165, 1.54) is 18.4 Å². The zero-order valence-corrected chi connectivity index (χ0v) is 15.7. The number of ether oxygens (including phenoxy) is 1. The highest BCUT2D eigenvalue weighted by molar-refractivity contribution is 5.76. The fourth-order valence-corrected chi connectivity index (χ4v) is 4.76. The van der Waals surface area contributed by atoms with Crippen LogP contribution < -0.4 is 0 Å². The van der Waals surface area contributed by atoms with Gasteiger partial charge in [0, 0.05) is 11.8 Å². The van der Waals surface area contributed by atoms with Crippen molar-refractivity contribution >= 4 is 5.97 Å². The number of unbranched alkanes of at least 4 members (excludes halogenated alkanes) is 2. The molecular weight excluding hydrogens is 296 g/mol. The zero-order chi connectivity index (χ0) is 17.7. The van der Waals surface area contributed by atoms with Gasteiger partial charge in [-0.1, -0.05) is 38.2 Å². The zero-order valence-electron chi connectivity index (χ0n) is 15.7. The molecule has 1 saturated carbocycles. The maximum atomic E-state index is 12.2. The van der Waals surface area contributed by atoms with Crippen molar-refractivity contribution in [3.8, 4) is 0 Å². The third kappa shape index (κ3) is 3.68. The lowest BCUT2D eigenvalue weighted by Crippen LogP contribution is -2.48. The number of rotatable bonds is 8. The molecule has 0 bridgehead atoms. The predicted octanol–water partition coefficient (Wildman–Crippen LogP) is 5.85. The minimum atomic E-state index is -0.433. The molecule has 24 heavy (non-hydrogen) atoms. The summed E-state index contributed by atoms with van der Waals surface area (Å²) >= 11 is 0. The lowest BCUT2D eigenvalue weighted by atomic mass is 9.60. The smallest absolute Gasteiger partial charge is 0.309 e. The molecule has 0 aromatic heterocycles. The van der Waals surface area contributed by atoms with E-state index in [1.807, 2.05) is 19.1 Å². The summed E-state index contributed by atoms with van der Waals surface area (Å²) in [5, 5.41) is 0. The van der Waals surface area contributed by atoms with Gasteiger partial charge < -0.3 is 4.74 Å². The van der Waals surface area contributed by atoms with Crippen LogP contribution in [0.3, 0.4) is 0 Å². The Balaban J connectivity index is 2.05. The standard InChI is InChI=1S/C22H34O2/c1-6-8-9-10-11-16(3)12-14-19-17(4)13-15-20-18(5)21(23)24-22(19,20)7-2/h6-7,11,17-20H,1-2,8-10,12-15H2,3-5H3/b16-11+/t17-,18-,19+,20+,22+/m1/s1. The Morgan fingerprint density at radius 1 is 1.29 bits per heavy atom. The first-order valence-corrected chi connectivity index (χ1v) is 9.59. The van der Waals surface area contributed by atoms with Gasteiger partial charge in [-0.3, -0.25) is 4.79 Å². The number of carbonyl (C=O) groups excluding carboxylic acids is 1. The highest BCUT2D eigenvalue weighted by Crippen LogP contribution is 2.54. The first-order valence-electron chi connectivity index (χ1n) is 9.59. The van der Waals surface area contributed by atoms with Crippen LogP contribution >= 0.6 is 0 Å². The van der Waals surface area contributed by atoms with E-state index in [1.54, 1.807) is 0 Å². The van der Waals surface area contributed by atoms with Crippen LogP contribution in [-0.2, 0) is 9.53 Å². The van der Waals surface area contributed by atoms with Gasteiger partial charge in [0.05, 0.1) is 5.92 Å². The second-order valence-electron chi connectivity index (χ2n) is 7.84. The monoisotopic (exact) mass is 330 g/mol. The van der Waals surface area contributed by atoms with Crippen molar-refractivity contribution in [2.24, 2.45) is 23.7 Å². The molecule has 2 rings (SSSR count). The maximum Gasteiger partial charge on any atom is 0.309 e. The van der Waals surface area contributed by atoms with Crippen LogP contribution in [0.25, 0.3) is 0 Å².